The van der Waals surface area contributed by atoms with Gasteiger partial charge in [0.1, 0.15) is 12.9 Å². The monoisotopic (exact) mass is 264 g/mol. The lowest BCUT2D eigenvalue weighted by molar-refractivity contribution is -0.119. The SMILES string of the molecule is COCC(=O)Nc1ccc(Sc2ncn[nH]2)cc1. The van der Waals surface area contributed by atoms with Crippen LogP contribution in [0.3, 0.4) is 0 Å². The van der Waals surface area contributed by atoms with E-state index in [4.69, 9.17) is 4.74 Å². The fourth-order valence-electron chi connectivity index (χ4n) is 1.29. The van der Waals surface area contributed by atoms with E-state index in [0.717, 1.165) is 15.7 Å². The Kier molecular flexibility index (Phi) is 4.32. The number of H-pyrrole nitrogens is 1. The normalized spacial score (nSPS) is 10.3. The number of benzene rings is 1. The smallest absolute Gasteiger partial charge is 0.250 e. The Bertz CT molecular complexity index is 498. The van der Waals surface area contributed by atoms with Gasteiger partial charge in [0.2, 0.25) is 5.91 Å². The number of methoxy groups -OCH3 is 1. The standard InChI is InChI=1S/C11H12N4O2S/c1-17-6-10(16)14-8-2-4-9(5-3-8)18-11-12-7-13-15-11/h2-5,7H,6H2,1H3,(H,14,16)(H,12,13,15). The number of amides is 1. The lowest BCUT2D eigenvalue weighted by Gasteiger charge is -2.05. The zero-order chi connectivity index (χ0) is 12.8. The van der Waals surface area contributed by atoms with Gasteiger partial charge in [0.15, 0.2) is 5.16 Å². The van der Waals surface area contributed by atoms with Crippen LogP contribution in [0, 0.1) is 0 Å². The molecule has 0 unspecified atom stereocenters. The Balaban J connectivity index is 1.95. The molecule has 1 aromatic heterocycles. The van der Waals surface area contributed by atoms with E-state index >= 15 is 0 Å². The highest BCUT2D eigenvalue weighted by atomic mass is 32.2. The summed E-state index contributed by atoms with van der Waals surface area (Å²) in [5.74, 6) is -0.173. The van der Waals surface area contributed by atoms with Gasteiger partial charge >= 0.3 is 0 Å². The Labute approximate surface area is 108 Å². The first-order valence-corrected chi connectivity index (χ1v) is 6.01. The van der Waals surface area contributed by atoms with Gasteiger partial charge in [0.05, 0.1) is 0 Å². The molecule has 2 aromatic rings. The van der Waals surface area contributed by atoms with Gasteiger partial charge in [-0.25, -0.2) is 4.98 Å². The van der Waals surface area contributed by atoms with Crippen LogP contribution in [0.5, 0.6) is 0 Å². The van der Waals surface area contributed by atoms with Crippen molar-refractivity contribution in [3.05, 3.63) is 30.6 Å². The topological polar surface area (TPSA) is 79.9 Å². The van der Waals surface area contributed by atoms with Crippen LogP contribution in [0.4, 0.5) is 5.69 Å². The molecule has 6 nitrogen and oxygen atoms in total. The van der Waals surface area contributed by atoms with Crippen LogP contribution in [0.15, 0.2) is 40.6 Å². The van der Waals surface area contributed by atoms with Crippen LogP contribution in [0.1, 0.15) is 0 Å². The van der Waals surface area contributed by atoms with E-state index in [1.165, 1.54) is 25.2 Å². The molecule has 0 aliphatic heterocycles. The minimum Gasteiger partial charge on any atom is -0.375 e. The fraction of sp³-hybridized carbons (Fsp3) is 0.182. The molecule has 18 heavy (non-hydrogen) atoms. The lowest BCUT2D eigenvalue weighted by Crippen LogP contribution is -2.16. The highest BCUT2D eigenvalue weighted by molar-refractivity contribution is 7.99. The van der Waals surface area contributed by atoms with Crippen molar-refractivity contribution in [3.63, 3.8) is 0 Å². The Morgan fingerprint density at radius 1 is 1.44 bits per heavy atom. The average molecular weight is 264 g/mol. The number of nitrogens with zero attached hydrogens (tertiary/aromatic N) is 2. The molecule has 0 fully saturated rings. The predicted molar refractivity (Wildman–Crippen MR) is 67.5 cm³/mol. The van der Waals surface area contributed by atoms with Gasteiger partial charge < -0.3 is 10.1 Å². The number of nitrogens with one attached hydrogen (secondary N) is 2. The number of hydrogen-bond acceptors (Lipinski definition) is 5. The van der Waals surface area contributed by atoms with E-state index in [2.05, 4.69) is 20.5 Å². The number of ether oxygens (including phenoxy) is 1. The van der Waals surface area contributed by atoms with E-state index in [1.54, 1.807) is 0 Å². The molecule has 1 amide bonds. The Morgan fingerprint density at radius 2 is 2.22 bits per heavy atom. The van der Waals surface area contributed by atoms with Crippen LogP contribution in [-0.2, 0) is 9.53 Å². The fourth-order valence-corrected chi connectivity index (χ4v) is 1.98. The maximum atomic E-state index is 11.3. The van der Waals surface area contributed by atoms with E-state index < -0.39 is 0 Å². The third-order valence-electron chi connectivity index (χ3n) is 2.02. The van der Waals surface area contributed by atoms with Gasteiger partial charge in [-0.1, -0.05) is 11.8 Å². The first-order chi connectivity index (χ1) is 8.78. The molecule has 0 atom stereocenters. The largest absolute Gasteiger partial charge is 0.375 e. The molecule has 0 aliphatic rings. The summed E-state index contributed by atoms with van der Waals surface area (Å²) in [4.78, 5) is 16.3. The number of carbonyl (C=O) groups excluding carboxylic acids is 1. The zero-order valence-electron chi connectivity index (χ0n) is 9.71. The maximum absolute atomic E-state index is 11.3. The predicted octanol–water partition coefficient (Wildman–Crippen LogP) is 1.54. The molecule has 1 aromatic carbocycles. The summed E-state index contributed by atoms with van der Waals surface area (Å²) < 4.78 is 4.73. The number of aromatic amines is 1. The number of aromatic nitrogens is 3. The molecule has 7 heteroatoms. The summed E-state index contributed by atoms with van der Waals surface area (Å²) >= 11 is 1.47. The minimum atomic E-state index is -0.173. The number of anilines is 1. The molecule has 94 valence electrons. The van der Waals surface area contributed by atoms with Crippen LogP contribution in [0.25, 0.3) is 0 Å². The summed E-state index contributed by atoms with van der Waals surface area (Å²) in [5.41, 5.74) is 0.735. The van der Waals surface area contributed by atoms with Gasteiger partial charge in [-0.05, 0) is 24.3 Å². The maximum Gasteiger partial charge on any atom is 0.250 e. The van der Waals surface area contributed by atoms with E-state index in [1.807, 2.05) is 24.3 Å². The highest BCUT2D eigenvalue weighted by Crippen LogP contribution is 2.24. The van der Waals surface area contributed by atoms with Crippen molar-refractivity contribution in [3.8, 4) is 0 Å². The van der Waals surface area contributed by atoms with Crippen molar-refractivity contribution in [2.45, 2.75) is 10.1 Å². The number of hydrogen-bond donors (Lipinski definition) is 2. The Morgan fingerprint density at radius 3 is 2.83 bits per heavy atom. The number of carbonyl (C=O) groups is 1. The van der Waals surface area contributed by atoms with Crippen molar-refractivity contribution < 1.29 is 9.53 Å². The van der Waals surface area contributed by atoms with E-state index in [0.29, 0.717) is 0 Å². The molecular weight excluding hydrogens is 252 g/mol. The second-order valence-corrected chi connectivity index (χ2v) is 4.46. The molecule has 0 bridgehead atoms. The molecule has 0 spiro atoms. The quantitative estimate of drug-likeness (QED) is 0.856. The highest BCUT2D eigenvalue weighted by Gasteiger charge is 2.03. The molecule has 2 N–H and O–H groups in total. The van der Waals surface area contributed by atoms with Crippen LogP contribution < -0.4 is 5.32 Å². The summed E-state index contributed by atoms with van der Waals surface area (Å²) in [6, 6.07) is 7.45. The van der Waals surface area contributed by atoms with Crippen molar-refractivity contribution in [2.24, 2.45) is 0 Å². The lowest BCUT2D eigenvalue weighted by atomic mass is 10.3. The van der Waals surface area contributed by atoms with Crippen molar-refractivity contribution in [2.75, 3.05) is 19.0 Å². The molecule has 0 radical (unpaired) electrons. The van der Waals surface area contributed by atoms with Crippen LogP contribution >= 0.6 is 11.8 Å². The summed E-state index contributed by atoms with van der Waals surface area (Å²) in [6.07, 6.45) is 1.46. The second-order valence-electron chi connectivity index (χ2n) is 3.40. The van der Waals surface area contributed by atoms with Gasteiger partial charge in [0, 0.05) is 17.7 Å². The van der Waals surface area contributed by atoms with E-state index in [9.17, 15) is 4.79 Å². The first kappa shape index (κ1) is 12.6. The van der Waals surface area contributed by atoms with Crippen LogP contribution in [0.2, 0.25) is 0 Å². The third kappa shape index (κ3) is 3.57. The zero-order valence-corrected chi connectivity index (χ0v) is 10.5. The Hall–Kier alpha value is -1.86. The van der Waals surface area contributed by atoms with Crippen molar-refractivity contribution >= 4 is 23.4 Å². The third-order valence-corrected chi connectivity index (χ3v) is 2.92. The summed E-state index contributed by atoms with van der Waals surface area (Å²) in [6.45, 7) is 0.0502. The van der Waals surface area contributed by atoms with Gasteiger partial charge in [0.25, 0.3) is 0 Å². The molecule has 0 saturated carbocycles. The average Bonchev–Trinajstić information content (AvgIpc) is 2.85. The minimum absolute atomic E-state index is 0.0502. The van der Waals surface area contributed by atoms with Gasteiger partial charge in [-0.2, -0.15) is 5.10 Å². The first-order valence-electron chi connectivity index (χ1n) is 5.20. The van der Waals surface area contributed by atoms with Gasteiger partial charge in [-0.3, -0.25) is 9.89 Å². The molecule has 2 rings (SSSR count). The molecule has 1 heterocycles. The van der Waals surface area contributed by atoms with Crippen molar-refractivity contribution in [1.82, 2.24) is 15.2 Å². The second kappa shape index (κ2) is 6.18. The van der Waals surface area contributed by atoms with Gasteiger partial charge in [-0.15, -0.1) is 0 Å². The number of rotatable bonds is 5. The summed E-state index contributed by atoms with van der Waals surface area (Å²) in [7, 11) is 1.48. The summed E-state index contributed by atoms with van der Waals surface area (Å²) in [5, 5.41) is 9.98. The molecule has 0 aliphatic carbocycles. The van der Waals surface area contributed by atoms with E-state index in [-0.39, 0.29) is 12.5 Å². The molecular formula is C11H12N4O2S. The molecule has 0 saturated heterocycles. The van der Waals surface area contributed by atoms with Crippen LogP contribution in [-0.4, -0.2) is 34.8 Å². The van der Waals surface area contributed by atoms with Crippen molar-refractivity contribution in [1.29, 1.82) is 0 Å².